The molecular weight excluding hydrogens is 228 g/mol. The van der Waals surface area contributed by atoms with Crippen LogP contribution in [0.1, 0.15) is 31.7 Å². The van der Waals surface area contributed by atoms with Crippen LogP contribution >= 0.6 is 11.3 Å². The van der Waals surface area contributed by atoms with Crippen LogP contribution in [0.5, 0.6) is 0 Å². The van der Waals surface area contributed by atoms with Gasteiger partial charge in [-0.05, 0) is 42.9 Å². The normalized spacial score (nSPS) is 18.0. The van der Waals surface area contributed by atoms with Gasteiger partial charge in [0.05, 0.1) is 10.2 Å². The van der Waals surface area contributed by atoms with Crippen LogP contribution in [0, 0.1) is 12.3 Å². The van der Waals surface area contributed by atoms with Gasteiger partial charge in [-0.25, -0.2) is 4.98 Å². The first-order valence-corrected chi connectivity index (χ1v) is 7.07. The van der Waals surface area contributed by atoms with Gasteiger partial charge in [0.2, 0.25) is 0 Å². The highest BCUT2D eigenvalue weighted by Gasteiger charge is 2.31. The van der Waals surface area contributed by atoms with Crippen LogP contribution in [0.4, 0.5) is 5.13 Å². The predicted octanol–water partition coefficient (Wildman–Crippen LogP) is 4.21. The number of aromatic nitrogens is 1. The molecule has 0 radical (unpaired) electrons. The first-order chi connectivity index (χ1) is 8.15. The highest BCUT2D eigenvalue weighted by molar-refractivity contribution is 7.22. The third-order valence-electron chi connectivity index (χ3n) is 3.77. The standard InChI is InChI=1S/C14H18N2S/c1-10-4-5-11-12(8-10)17-13(16-11)15-9-14(2)6-3-7-14/h4-5,8H,3,6-7,9H2,1-2H3,(H,15,16). The average molecular weight is 246 g/mol. The van der Waals surface area contributed by atoms with E-state index in [4.69, 9.17) is 0 Å². The van der Waals surface area contributed by atoms with Crippen molar-refractivity contribution in [3.8, 4) is 0 Å². The Labute approximate surface area is 106 Å². The van der Waals surface area contributed by atoms with E-state index in [-0.39, 0.29) is 0 Å². The predicted molar refractivity (Wildman–Crippen MR) is 74.8 cm³/mol. The summed E-state index contributed by atoms with van der Waals surface area (Å²) in [6.45, 7) is 5.55. The molecule has 0 unspecified atom stereocenters. The number of hydrogen-bond acceptors (Lipinski definition) is 3. The zero-order chi connectivity index (χ0) is 11.9. The van der Waals surface area contributed by atoms with Crippen molar-refractivity contribution >= 4 is 26.7 Å². The van der Waals surface area contributed by atoms with Crippen LogP contribution in [0.25, 0.3) is 10.2 Å². The number of anilines is 1. The minimum absolute atomic E-state index is 0.508. The molecule has 0 aliphatic heterocycles. The molecule has 1 fully saturated rings. The van der Waals surface area contributed by atoms with Gasteiger partial charge in [0, 0.05) is 6.54 Å². The topological polar surface area (TPSA) is 24.9 Å². The number of nitrogens with zero attached hydrogens (tertiary/aromatic N) is 1. The summed E-state index contributed by atoms with van der Waals surface area (Å²) in [5.41, 5.74) is 2.92. The maximum atomic E-state index is 4.62. The fourth-order valence-electron chi connectivity index (χ4n) is 2.35. The lowest BCUT2D eigenvalue weighted by Gasteiger charge is -2.38. The second kappa shape index (κ2) is 3.98. The van der Waals surface area contributed by atoms with Gasteiger partial charge in [-0.2, -0.15) is 0 Å². The molecule has 90 valence electrons. The minimum Gasteiger partial charge on any atom is -0.361 e. The summed E-state index contributed by atoms with van der Waals surface area (Å²) in [5.74, 6) is 0. The fraction of sp³-hybridized carbons (Fsp3) is 0.500. The average Bonchev–Trinajstić information content (AvgIpc) is 2.65. The van der Waals surface area contributed by atoms with Crippen LogP contribution < -0.4 is 5.32 Å². The van der Waals surface area contributed by atoms with Crippen molar-refractivity contribution in [1.82, 2.24) is 4.98 Å². The molecule has 3 rings (SSSR count). The first-order valence-electron chi connectivity index (χ1n) is 6.26. The molecule has 0 amide bonds. The third-order valence-corrected chi connectivity index (χ3v) is 4.75. The second-order valence-electron chi connectivity index (χ2n) is 5.51. The van der Waals surface area contributed by atoms with E-state index in [2.05, 4.69) is 42.3 Å². The maximum absolute atomic E-state index is 4.62. The van der Waals surface area contributed by atoms with Crippen LogP contribution in [-0.2, 0) is 0 Å². The highest BCUT2D eigenvalue weighted by Crippen LogP contribution is 2.40. The number of thiazole rings is 1. The molecule has 1 aliphatic carbocycles. The maximum Gasteiger partial charge on any atom is 0.183 e. The van der Waals surface area contributed by atoms with Crippen molar-refractivity contribution < 1.29 is 0 Å². The zero-order valence-electron chi connectivity index (χ0n) is 10.4. The van der Waals surface area contributed by atoms with E-state index in [1.807, 2.05) is 0 Å². The van der Waals surface area contributed by atoms with Gasteiger partial charge in [0.15, 0.2) is 5.13 Å². The number of benzene rings is 1. The minimum atomic E-state index is 0.508. The molecule has 1 N–H and O–H groups in total. The summed E-state index contributed by atoms with van der Waals surface area (Å²) in [7, 11) is 0. The van der Waals surface area contributed by atoms with Crippen LogP contribution in [0.15, 0.2) is 18.2 Å². The van der Waals surface area contributed by atoms with Gasteiger partial charge in [-0.3, -0.25) is 0 Å². The molecule has 17 heavy (non-hydrogen) atoms. The smallest absolute Gasteiger partial charge is 0.183 e. The molecule has 0 atom stereocenters. The third kappa shape index (κ3) is 2.16. The van der Waals surface area contributed by atoms with Crippen molar-refractivity contribution in [2.75, 3.05) is 11.9 Å². The molecule has 1 aromatic heterocycles. The summed E-state index contributed by atoms with van der Waals surface area (Å²) in [5, 5.41) is 4.57. The van der Waals surface area contributed by atoms with Gasteiger partial charge >= 0.3 is 0 Å². The Balaban J connectivity index is 1.76. The molecule has 2 aromatic rings. The summed E-state index contributed by atoms with van der Waals surface area (Å²) in [6, 6.07) is 6.44. The Hall–Kier alpha value is -1.09. The molecule has 0 spiro atoms. The molecule has 2 nitrogen and oxygen atoms in total. The molecule has 0 saturated heterocycles. The number of aryl methyl sites for hydroxylation is 1. The lowest BCUT2D eigenvalue weighted by Crippen LogP contribution is -2.33. The lowest BCUT2D eigenvalue weighted by molar-refractivity contribution is 0.180. The second-order valence-corrected chi connectivity index (χ2v) is 6.54. The van der Waals surface area contributed by atoms with Gasteiger partial charge in [-0.15, -0.1) is 0 Å². The highest BCUT2D eigenvalue weighted by atomic mass is 32.1. The van der Waals surface area contributed by atoms with Crippen LogP contribution in [0.2, 0.25) is 0 Å². The van der Waals surface area contributed by atoms with Crippen LogP contribution in [-0.4, -0.2) is 11.5 Å². The number of fused-ring (bicyclic) bond motifs is 1. The van der Waals surface area contributed by atoms with Crippen molar-refractivity contribution in [3.05, 3.63) is 23.8 Å². The van der Waals surface area contributed by atoms with Gasteiger partial charge < -0.3 is 5.32 Å². The Bertz CT molecular complexity index is 540. The first kappa shape index (κ1) is 11.0. The summed E-state index contributed by atoms with van der Waals surface area (Å²) in [6.07, 6.45) is 4.09. The molecule has 1 saturated carbocycles. The fourth-order valence-corrected chi connectivity index (χ4v) is 3.31. The van der Waals surface area contributed by atoms with E-state index >= 15 is 0 Å². The Morgan fingerprint density at radius 2 is 2.24 bits per heavy atom. The van der Waals surface area contributed by atoms with Crippen LogP contribution in [0.3, 0.4) is 0 Å². The van der Waals surface area contributed by atoms with Gasteiger partial charge in [0.1, 0.15) is 0 Å². The van der Waals surface area contributed by atoms with Crippen molar-refractivity contribution in [1.29, 1.82) is 0 Å². The Kier molecular flexibility index (Phi) is 2.58. The van der Waals surface area contributed by atoms with E-state index in [9.17, 15) is 0 Å². The monoisotopic (exact) mass is 246 g/mol. The summed E-state index contributed by atoms with van der Waals surface area (Å²) in [4.78, 5) is 4.62. The van der Waals surface area contributed by atoms with E-state index < -0.39 is 0 Å². The van der Waals surface area contributed by atoms with E-state index in [1.54, 1.807) is 11.3 Å². The molecular formula is C14H18N2S. The number of hydrogen-bond donors (Lipinski definition) is 1. The zero-order valence-corrected chi connectivity index (χ0v) is 11.2. The molecule has 1 aliphatic rings. The lowest BCUT2D eigenvalue weighted by atomic mass is 9.70. The van der Waals surface area contributed by atoms with Gasteiger partial charge in [-0.1, -0.05) is 30.7 Å². The Morgan fingerprint density at radius 3 is 2.94 bits per heavy atom. The summed E-state index contributed by atoms with van der Waals surface area (Å²) >= 11 is 1.76. The molecule has 1 heterocycles. The molecule has 0 bridgehead atoms. The summed E-state index contributed by atoms with van der Waals surface area (Å²) < 4.78 is 1.28. The number of nitrogens with one attached hydrogen (secondary N) is 1. The van der Waals surface area contributed by atoms with E-state index in [0.717, 1.165) is 17.2 Å². The van der Waals surface area contributed by atoms with Crippen molar-refractivity contribution in [2.45, 2.75) is 33.1 Å². The van der Waals surface area contributed by atoms with Gasteiger partial charge in [0.25, 0.3) is 0 Å². The Morgan fingerprint density at radius 1 is 1.41 bits per heavy atom. The van der Waals surface area contributed by atoms with Crippen molar-refractivity contribution in [3.63, 3.8) is 0 Å². The van der Waals surface area contributed by atoms with Crippen molar-refractivity contribution in [2.24, 2.45) is 5.41 Å². The molecule has 1 aromatic carbocycles. The van der Waals surface area contributed by atoms with E-state index in [1.165, 1.54) is 29.5 Å². The largest absolute Gasteiger partial charge is 0.361 e. The molecule has 3 heteroatoms. The van der Waals surface area contributed by atoms with E-state index in [0.29, 0.717) is 5.41 Å². The quantitative estimate of drug-likeness (QED) is 0.877. The SMILES string of the molecule is Cc1ccc2nc(NCC3(C)CCC3)sc2c1. The number of rotatable bonds is 3.